The third-order valence-electron chi connectivity index (χ3n) is 4.08. The number of fused-ring (bicyclic) bond motifs is 1. The minimum atomic E-state index is -0.402. The Kier molecular flexibility index (Phi) is 4.85. The Morgan fingerprint density at radius 2 is 1.93 bits per heavy atom. The summed E-state index contributed by atoms with van der Waals surface area (Å²) in [5, 5.41) is 7.98. The van der Waals surface area contributed by atoms with Gasteiger partial charge in [-0.15, -0.1) is 0 Å². The van der Waals surface area contributed by atoms with Gasteiger partial charge in [0.05, 0.1) is 29.0 Å². The van der Waals surface area contributed by atoms with E-state index in [-0.39, 0.29) is 22.7 Å². The van der Waals surface area contributed by atoms with E-state index < -0.39 is 5.91 Å². The van der Waals surface area contributed by atoms with E-state index in [1.807, 2.05) is 30.3 Å². The molecule has 0 radical (unpaired) electrons. The molecule has 140 valence electrons. The molecule has 9 heteroatoms. The van der Waals surface area contributed by atoms with Gasteiger partial charge in [-0.05, 0) is 30.3 Å². The molecule has 0 aliphatic rings. The highest BCUT2D eigenvalue weighted by Gasteiger charge is 2.14. The third-order valence-corrected chi connectivity index (χ3v) is 4.63. The van der Waals surface area contributed by atoms with Crippen molar-refractivity contribution in [1.82, 2.24) is 25.1 Å². The third kappa shape index (κ3) is 3.49. The summed E-state index contributed by atoms with van der Waals surface area (Å²) in [4.78, 5) is 31.8. The second kappa shape index (κ2) is 7.46. The van der Waals surface area contributed by atoms with Crippen LogP contribution in [0.2, 0.25) is 10.0 Å². The van der Waals surface area contributed by atoms with Crippen LogP contribution in [0, 0.1) is 0 Å². The van der Waals surface area contributed by atoms with Crippen LogP contribution >= 0.6 is 23.2 Å². The zero-order chi connectivity index (χ0) is 19.7. The van der Waals surface area contributed by atoms with Crippen LogP contribution in [0.5, 0.6) is 0 Å². The molecule has 1 amide bonds. The number of hydrogen-bond acceptors (Lipinski definition) is 4. The van der Waals surface area contributed by atoms with E-state index in [9.17, 15) is 9.59 Å². The summed E-state index contributed by atoms with van der Waals surface area (Å²) in [6, 6.07) is 13.9. The predicted octanol–water partition coefficient (Wildman–Crippen LogP) is 3.35. The Labute approximate surface area is 168 Å². The lowest BCUT2D eigenvalue weighted by molar-refractivity contribution is 0.0950. The van der Waals surface area contributed by atoms with Crippen molar-refractivity contribution in [1.29, 1.82) is 0 Å². The van der Waals surface area contributed by atoms with Crippen molar-refractivity contribution in [3.05, 3.63) is 86.5 Å². The van der Waals surface area contributed by atoms with Gasteiger partial charge in [0.1, 0.15) is 11.2 Å². The molecule has 0 saturated heterocycles. The fraction of sp³-hybridized carbons (Fsp3) is 0.0526. The van der Waals surface area contributed by atoms with Crippen molar-refractivity contribution in [2.75, 3.05) is 0 Å². The second-order valence-corrected chi connectivity index (χ2v) is 6.79. The van der Waals surface area contributed by atoms with Crippen LogP contribution in [0.1, 0.15) is 16.2 Å². The van der Waals surface area contributed by atoms with Crippen molar-refractivity contribution in [3.63, 3.8) is 0 Å². The van der Waals surface area contributed by atoms with Crippen LogP contribution < -0.4 is 10.9 Å². The molecular formula is C19H13Cl2N5O2. The standard InChI is InChI=1S/C19H13Cl2N5O2/c20-11-6-7-13(15(21)8-11)18(27)22-10-16-24-17-14(19(28)25-16)9-23-26(17)12-4-2-1-3-5-12/h1-9H,10H2,(H,22,27)(H,24,25,28). The average molecular weight is 414 g/mol. The maximum Gasteiger partial charge on any atom is 0.262 e. The van der Waals surface area contributed by atoms with E-state index in [1.165, 1.54) is 18.3 Å². The largest absolute Gasteiger partial charge is 0.345 e. The molecule has 0 aliphatic carbocycles. The van der Waals surface area contributed by atoms with Crippen molar-refractivity contribution in [2.24, 2.45) is 0 Å². The predicted molar refractivity (Wildman–Crippen MR) is 107 cm³/mol. The maximum absolute atomic E-state index is 12.4. The first-order chi connectivity index (χ1) is 13.5. The lowest BCUT2D eigenvalue weighted by atomic mass is 10.2. The summed E-state index contributed by atoms with van der Waals surface area (Å²) in [7, 11) is 0. The molecule has 0 atom stereocenters. The van der Waals surface area contributed by atoms with Gasteiger partial charge < -0.3 is 10.3 Å². The molecule has 2 aromatic carbocycles. The van der Waals surface area contributed by atoms with E-state index in [4.69, 9.17) is 23.2 Å². The average Bonchev–Trinajstić information content (AvgIpc) is 3.11. The number of aromatic nitrogens is 4. The van der Waals surface area contributed by atoms with Gasteiger partial charge in [0.25, 0.3) is 11.5 Å². The minimum Gasteiger partial charge on any atom is -0.345 e. The molecule has 0 aliphatic heterocycles. The van der Waals surface area contributed by atoms with Crippen LogP contribution in [0.4, 0.5) is 0 Å². The van der Waals surface area contributed by atoms with Gasteiger partial charge in [-0.2, -0.15) is 5.10 Å². The molecule has 28 heavy (non-hydrogen) atoms. The molecule has 0 saturated carbocycles. The van der Waals surface area contributed by atoms with Crippen molar-refractivity contribution in [2.45, 2.75) is 6.54 Å². The van der Waals surface area contributed by atoms with Crippen LogP contribution in [0.15, 0.2) is 59.5 Å². The van der Waals surface area contributed by atoms with E-state index in [0.717, 1.165) is 5.69 Å². The maximum atomic E-state index is 12.4. The molecule has 7 nitrogen and oxygen atoms in total. The number of benzene rings is 2. The summed E-state index contributed by atoms with van der Waals surface area (Å²) < 4.78 is 1.58. The molecule has 2 aromatic heterocycles. The van der Waals surface area contributed by atoms with Gasteiger partial charge in [-0.25, -0.2) is 9.67 Å². The van der Waals surface area contributed by atoms with Crippen LogP contribution in [-0.4, -0.2) is 25.7 Å². The number of hydrogen-bond donors (Lipinski definition) is 2. The lowest BCUT2D eigenvalue weighted by Crippen LogP contribution is -2.26. The van der Waals surface area contributed by atoms with Crippen LogP contribution in [0.25, 0.3) is 16.7 Å². The minimum absolute atomic E-state index is 0.0168. The summed E-state index contributed by atoms with van der Waals surface area (Å²) in [6.07, 6.45) is 1.46. The Morgan fingerprint density at radius 3 is 2.68 bits per heavy atom. The first kappa shape index (κ1) is 18.2. The molecule has 0 spiro atoms. The first-order valence-corrected chi connectivity index (χ1v) is 9.04. The zero-order valence-corrected chi connectivity index (χ0v) is 15.8. The highest BCUT2D eigenvalue weighted by atomic mass is 35.5. The number of para-hydroxylation sites is 1. The number of H-pyrrole nitrogens is 1. The fourth-order valence-electron chi connectivity index (χ4n) is 2.74. The topological polar surface area (TPSA) is 92.7 Å². The highest BCUT2D eigenvalue weighted by Crippen LogP contribution is 2.21. The van der Waals surface area contributed by atoms with Crippen LogP contribution in [-0.2, 0) is 6.54 Å². The van der Waals surface area contributed by atoms with E-state index in [0.29, 0.717) is 21.9 Å². The molecule has 4 aromatic rings. The van der Waals surface area contributed by atoms with E-state index >= 15 is 0 Å². The number of halogens is 2. The number of carbonyl (C=O) groups excluding carboxylic acids is 1. The van der Waals surface area contributed by atoms with Gasteiger partial charge in [-0.3, -0.25) is 9.59 Å². The fourth-order valence-corrected chi connectivity index (χ4v) is 3.23. The van der Waals surface area contributed by atoms with Gasteiger partial charge >= 0.3 is 0 Å². The number of nitrogens with zero attached hydrogens (tertiary/aromatic N) is 3. The molecular weight excluding hydrogens is 401 g/mol. The van der Waals surface area contributed by atoms with Crippen molar-refractivity contribution in [3.8, 4) is 5.69 Å². The number of carbonyl (C=O) groups is 1. The quantitative estimate of drug-likeness (QED) is 0.536. The molecule has 0 fully saturated rings. The number of aromatic amines is 1. The summed E-state index contributed by atoms with van der Waals surface area (Å²) in [6.45, 7) is 0.0168. The van der Waals surface area contributed by atoms with Gasteiger partial charge in [0, 0.05) is 5.02 Å². The zero-order valence-electron chi connectivity index (χ0n) is 14.3. The molecule has 2 heterocycles. The number of amides is 1. The molecule has 4 rings (SSSR count). The second-order valence-electron chi connectivity index (χ2n) is 5.95. The SMILES string of the molecule is O=C(NCc1nc2c(cnn2-c2ccccc2)c(=O)[nH]1)c1ccc(Cl)cc1Cl. The summed E-state index contributed by atoms with van der Waals surface area (Å²) >= 11 is 11.9. The van der Waals surface area contributed by atoms with Gasteiger partial charge in [-0.1, -0.05) is 41.4 Å². The summed E-state index contributed by atoms with van der Waals surface area (Å²) in [5.41, 5.74) is 1.13. The Bertz CT molecular complexity index is 1230. The number of nitrogens with one attached hydrogen (secondary N) is 2. The first-order valence-electron chi connectivity index (χ1n) is 8.28. The Morgan fingerprint density at radius 1 is 1.14 bits per heavy atom. The highest BCUT2D eigenvalue weighted by molar-refractivity contribution is 6.36. The Hall–Kier alpha value is -3.16. The van der Waals surface area contributed by atoms with Crippen molar-refractivity contribution >= 4 is 40.1 Å². The van der Waals surface area contributed by atoms with Crippen LogP contribution in [0.3, 0.4) is 0 Å². The normalized spacial score (nSPS) is 10.9. The summed E-state index contributed by atoms with van der Waals surface area (Å²) in [5.74, 6) is -0.102. The molecule has 2 N–H and O–H groups in total. The lowest BCUT2D eigenvalue weighted by Gasteiger charge is -2.07. The smallest absolute Gasteiger partial charge is 0.262 e. The van der Waals surface area contributed by atoms with Crippen molar-refractivity contribution < 1.29 is 4.79 Å². The monoisotopic (exact) mass is 413 g/mol. The number of rotatable bonds is 4. The Balaban J connectivity index is 1.62. The molecule has 0 bridgehead atoms. The van der Waals surface area contributed by atoms with E-state index in [1.54, 1.807) is 10.7 Å². The van der Waals surface area contributed by atoms with Gasteiger partial charge in [0.2, 0.25) is 0 Å². The van der Waals surface area contributed by atoms with E-state index in [2.05, 4.69) is 20.4 Å². The van der Waals surface area contributed by atoms with Gasteiger partial charge in [0.15, 0.2) is 5.65 Å². The molecule has 0 unspecified atom stereocenters.